The summed E-state index contributed by atoms with van der Waals surface area (Å²) in [6, 6.07) is 1.14. The zero-order valence-corrected chi connectivity index (χ0v) is 9.42. The molecule has 1 aromatic carbocycles. The summed E-state index contributed by atoms with van der Waals surface area (Å²) >= 11 is 0. The molecule has 0 spiro atoms. The van der Waals surface area contributed by atoms with Crippen LogP contribution in [0.25, 0.3) is 11.4 Å². The second-order valence-electron chi connectivity index (χ2n) is 3.71. The van der Waals surface area contributed by atoms with E-state index in [-0.39, 0.29) is 35.0 Å². The molecular formula is C11H11F2N3O. The maximum atomic E-state index is 13.9. The number of hydrogen-bond acceptors (Lipinski definition) is 4. The molecule has 2 rings (SSSR count). The van der Waals surface area contributed by atoms with Gasteiger partial charge in [0.2, 0.25) is 11.7 Å². The van der Waals surface area contributed by atoms with Crippen molar-refractivity contribution in [1.29, 1.82) is 0 Å². The van der Waals surface area contributed by atoms with Crippen LogP contribution >= 0.6 is 0 Å². The van der Waals surface area contributed by atoms with Gasteiger partial charge in [0.05, 0.1) is 12.1 Å². The summed E-state index contributed by atoms with van der Waals surface area (Å²) in [6.45, 7) is 3.00. The second-order valence-corrected chi connectivity index (χ2v) is 3.71. The number of aryl methyl sites for hydroxylation is 1. The van der Waals surface area contributed by atoms with Crippen molar-refractivity contribution in [2.75, 3.05) is 0 Å². The fourth-order valence-corrected chi connectivity index (χ4v) is 1.55. The van der Waals surface area contributed by atoms with Crippen molar-refractivity contribution < 1.29 is 13.3 Å². The molecule has 0 unspecified atom stereocenters. The molecule has 0 fully saturated rings. The molecule has 0 saturated heterocycles. The standard InChI is InChI=1S/C11H11F2N3O/c1-5-3-7(12)6(2)9(10(5)13)11-15-8(4-14)17-16-11/h3H,4,14H2,1-2H3. The molecule has 0 aliphatic rings. The van der Waals surface area contributed by atoms with Crippen molar-refractivity contribution >= 4 is 0 Å². The number of benzene rings is 1. The van der Waals surface area contributed by atoms with Gasteiger partial charge in [0.15, 0.2) is 0 Å². The van der Waals surface area contributed by atoms with Gasteiger partial charge < -0.3 is 10.3 Å². The molecule has 0 radical (unpaired) electrons. The SMILES string of the molecule is Cc1cc(F)c(C)c(-c2noc(CN)n2)c1F. The predicted octanol–water partition coefficient (Wildman–Crippen LogP) is 2.09. The quantitative estimate of drug-likeness (QED) is 0.871. The fourth-order valence-electron chi connectivity index (χ4n) is 1.55. The highest BCUT2D eigenvalue weighted by Crippen LogP contribution is 2.28. The van der Waals surface area contributed by atoms with Gasteiger partial charge in [-0.05, 0) is 31.0 Å². The molecule has 4 nitrogen and oxygen atoms in total. The lowest BCUT2D eigenvalue weighted by molar-refractivity contribution is 0.380. The van der Waals surface area contributed by atoms with Crippen molar-refractivity contribution in [1.82, 2.24) is 10.1 Å². The number of rotatable bonds is 2. The minimum absolute atomic E-state index is 0.0167. The normalized spacial score (nSPS) is 10.9. The summed E-state index contributed by atoms with van der Waals surface area (Å²) in [4.78, 5) is 3.89. The highest BCUT2D eigenvalue weighted by molar-refractivity contribution is 5.62. The van der Waals surface area contributed by atoms with E-state index in [0.717, 1.165) is 6.07 Å². The Bertz CT molecular complexity index is 540. The van der Waals surface area contributed by atoms with E-state index < -0.39 is 11.6 Å². The number of nitrogens with two attached hydrogens (primary N) is 1. The molecule has 6 heteroatoms. The monoisotopic (exact) mass is 239 g/mol. The Labute approximate surface area is 96.4 Å². The average Bonchev–Trinajstić information content (AvgIpc) is 2.75. The molecule has 0 atom stereocenters. The molecule has 0 amide bonds. The van der Waals surface area contributed by atoms with Crippen LogP contribution in [0.1, 0.15) is 17.0 Å². The largest absolute Gasteiger partial charge is 0.338 e. The van der Waals surface area contributed by atoms with Crippen molar-refractivity contribution in [2.45, 2.75) is 20.4 Å². The Morgan fingerprint density at radius 1 is 1.35 bits per heavy atom. The molecule has 0 aliphatic carbocycles. The Morgan fingerprint density at radius 3 is 2.65 bits per heavy atom. The maximum absolute atomic E-state index is 13.9. The van der Waals surface area contributed by atoms with Crippen LogP contribution in [0, 0.1) is 25.5 Å². The summed E-state index contributed by atoms with van der Waals surface area (Å²) in [6.07, 6.45) is 0. The third-order valence-electron chi connectivity index (χ3n) is 2.51. The first-order valence-corrected chi connectivity index (χ1v) is 5.02. The number of aromatic nitrogens is 2. The summed E-state index contributed by atoms with van der Waals surface area (Å²) in [7, 11) is 0. The lowest BCUT2D eigenvalue weighted by Gasteiger charge is -2.06. The fraction of sp³-hybridized carbons (Fsp3) is 0.273. The van der Waals surface area contributed by atoms with Crippen molar-refractivity contribution in [2.24, 2.45) is 5.73 Å². The van der Waals surface area contributed by atoms with Crippen molar-refractivity contribution in [3.8, 4) is 11.4 Å². The predicted molar refractivity (Wildman–Crippen MR) is 57.0 cm³/mol. The van der Waals surface area contributed by atoms with E-state index in [1.807, 2.05) is 0 Å². The van der Waals surface area contributed by atoms with E-state index in [2.05, 4.69) is 10.1 Å². The highest BCUT2D eigenvalue weighted by atomic mass is 19.1. The Balaban J connectivity index is 2.65. The van der Waals surface area contributed by atoms with Crippen molar-refractivity contribution in [3.63, 3.8) is 0 Å². The first-order chi connectivity index (χ1) is 8.04. The van der Waals surface area contributed by atoms with E-state index in [1.54, 1.807) is 0 Å². The maximum Gasteiger partial charge on any atom is 0.240 e. The van der Waals surface area contributed by atoms with Crippen LogP contribution in [0.5, 0.6) is 0 Å². The van der Waals surface area contributed by atoms with Gasteiger partial charge in [0, 0.05) is 0 Å². The third kappa shape index (κ3) is 1.91. The minimum Gasteiger partial charge on any atom is -0.338 e. The van der Waals surface area contributed by atoms with E-state index >= 15 is 0 Å². The minimum atomic E-state index is -0.548. The number of nitrogens with zero attached hydrogens (tertiary/aromatic N) is 2. The van der Waals surface area contributed by atoms with Gasteiger partial charge >= 0.3 is 0 Å². The smallest absolute Gasteiger partial charge is 0.240 e. The van der Waals surface area contributed by atoms with Crippen LogP contribution < -0.4 is 5.73 Å². The molecule has 0 saturated carbocycles. The second kappa shape index (κ2) is 4.21. The van der Waals surface area contributed by atoms with Gasteiger partial charge in [-0.15, -0.1) is 0 Å². The molecule has 2 N–H and O–H groups in total. The van der Waals surface area contributed by atoms with Crippen LogP contribution in [0.15, 0.2) is 10.6 Å². The topological polar surface area (TPSA) is 64.9 Å². The van der Waals surface area contributed by atoms with Crippen LogP contribution in [-0.2, 0) is 6.54 Å². The van der Waals surface area contributed by atoms with Gasteiger partial charge in [-0.2, -0.15) is 4.98 Å². The van der Waals surface area contributed by atoms with E-state index in [9.17, 15) is 8.78 Å². The first kappa shape index (κ1) is 11.7. The summed E-state index contributed by atoms with van der Waals surface area (Å²) in [5.41, 5.74) is 5.68. The molecular weight excluding hydrogens is 228 g/mol. The molecule has 17 heavy (non-hydrogen) atoms. The van der Waals surface area contributed by atoms with Gasteiger partial charge in [-0.1, -0.05) is 5.16 Å². The van der Waals surface area contributed by atoms with Crippen molar-refractivity contribution in [3.05, 3.63) is 34.7 Å². The first-order valence-electron chi connectivity index (χ1n) is 5.02. The number of halogens is 2. The lowest BCUT2D eigenvalue weighted by atomic mass is 10.0. The Morgan fingerprint density at radius 2 is 2.06 bits per heavy atom. The van der Waals surface area contributed by atoms with Crippen LogP contribution in [0.2, 0.25) is 0 Å². The van der Waals surface area contributed by atoms with Crippen LogP contribution in [0.3, 0.4) is 0 Å². The van der Waals surface area contributed by atoms with E-state index in [4.69, 9.17) is 10.3 Å². The summed E-state index contributed by atoms with van der Waals surface area (Å²) in [5, 5.41) is 3.59. The highest BCUT2D eigenvalue weighted by Gasteiger charge is 2.19. The molecule has 0 bridgehead atoms. The zero-order chi connectivity index (χ0) is 12.6. The molecule has 2 aromatic rings. The Hall–Kier alpha value is -1.82. The number of hydrogen-bond donors (Lipinski definition) is 1. The van der Waals surface area contributed by atoms with Gasteiger partial charge in [0.1, 0.15) is 11.6 Å². The molecule has 1 aromatic heterocycles. The average molecular weight is 239 g/mol. The van der Waals surface area contributed by atoms with Gasteiger partial charge in [-0.3, -0.25) is 0 Å². The summed E-state index contributed by atoms with van der Waals surface area (Å²) in [5.74, 6) is -0.852. The molecule has 1 heterocycles. The van der Waals surface area contributed by atoms with Gasteiger partial charge in [-0.25, -0.2) is 8.78 Å². The van der Waals surface area contributed by atoms with Gasteiger partial charge in [0.25, 0.3) is 0 Å². The van der Waals surface area contributed by atoms with E-state index in [1.165, 1.54) is 13.8 Å². The molecule has 0 aliphatic heterocycles. The zero-order valence-electron chi connectivity index (χ0n) is 9.42. The Kier molecular flexibility index (Phi) is 2.89. The van der Waals surface area contributed by atoms with Crippen LogP contribution in [0.4, 0.5) is 8.78 Å². The third-order valence-corrected chi connectivity index (χ3v) is 2.51. The van der Waals surface area contributed by atoms with Crippen LogP contribution in [-0.4, -0.2) is 10.1 Å². The lowest BCUT2D eigenvalue weighted by Crippen LogP contribution is -1.99. The molecule has 90 valence electrons. The summed E-state index contributed by atoms with van der Waals surface area (Å²) < 4.78 is 32.2. The van der Waals surface area contributed by atoms with E-state index in [0.29, 0.717) is 0 Å².